The van der Waals surface area contributed by atoms with Crippen molar-refractivity contribution in [2.75, 3.05) is 7.11 Å². The number of hydrogen-bond donors (Lipinski definition) is 2. The molecule has 0 saturated heterocycles. The average molecular weight is 540 g/mol. The second kappa shape index (κ2) is 12.3. The normalized spacial score (nSPS) is 11.7. The minimum atomic E-state index is -4.16. The second-order valence-electron chi connectivity index (χ2n) is 9.05. The molecule has 2 aromatic carbocycles. The molecule has 1 aromatic heterocycles. The predicted octanol–water partition coefficient (Wildman–Crippen LogP) is 3.91. The van der Waals surface area contributed by atoms with Crippen molar-refractivity contribution in [3.8, 4) is 17.0 Å². The van der Waals surface area contributed by atoms with Gasteiger partial charge in [-0.3, -0.25) is 4.79 Å². The van der Waals surface area contributed by atoms with Crippen LogP contribution >= 0.6 is 0 Å². The minimum Gasteiger partial charge on any atom is -0.481 e. The van der Waals surface area contributed by atoms with Crippen LogP contribution in [-0.2, 0) is 26.8 Å². The van der Waals surface area contributed by atoms with Gasteiger partial charge in [0.1, 0.15) is 5.82 Å². The fourth-order valence-electron chi connectivity index (χ4n) is 3.76. The Morgan fingerprint density at radius 1 is 1.14 bits per heavy atom. The Labute approximate surface area is 254 Å². The van der Waals surface area contributed by atoms with Crippen LogP contribution in [0.5, 0.6) is 5.88 Å². The molecule has 0 saturated carbocycles. The first-order chi connectivity index (χ1) is 16.3. The fourth-order valence-corrected chi connectivity index (χ4v) is 4.75. The van der Waals surface area contributed by atoms with Crippen molar-refractivity contribution in [3.05, 3.63) is 77.2 Å². The zero-order valence-electron chi connectivity index (χ0n) is 21.3. The summed E-state index contributed by atoms with van der Waals surface area (Å²) in [7, 11) is -2.69. The number of nitrogens with zero attached hydrogens (tertiary/aromatic N) is 1. The van der Waals surface area contributed by atoms with Gasteiger partial charge in [-0.15, -0.1) is 0 Å². The van der Waals surface area contributed by atoms with Crippen molar-refractivity contribution < 1.29 is 27.4 Å². The number of carbonyl (C=O) groups is 1. The van der Waals surface area contributed by atoms with Gasteiger partial charge in [-0.25, -0.2) is 22.5 Å². The van der Waals surface area contributed by atoms with Crippen LogP contribution in [0.3, 0.4) is 0 Å². The SMILES string of the molecule is COc1cc(-c2cc(F)cc(C(C)C)c2CC(=O)NS(=O)(=O)c2ccc(C(C)(C)O)cc2)ccn1.[K]. The molecule has 10 heteroatoms. The van der Waals surface area contributed by atoms with E-state index >= 15 is 0 Å². The quantitative estimate of drug-likeness (QED) is 0.421. The van der Waals surface area contributed by atoms with Crippen LogP contribution in [0.15, 0.2) is 59.6 Å². The van der Waals surface area contributed by atoms with E-state index < -0.39 is 27.3 Å². The summed E-state index contributed by atoms with van der Waals surface area (Å²) in [6.45, 7) is 6.91. The van der Waals surface area contributed by atoms with Crippen LogP contribution in [0, 0.1) is 5.82 Å². The topological polar surface area (TPSA) is 106 Å². The molecule has 1 radical (unpaired) electrons. The molecule has 1 heterocycles. The zero-order chi connectivity index (χ0) is 26.0. The van der Waals surface area contributed by atoms with Crippen molar-refractivity contribution >= 4 is 67.3 Å². The van der Waals surface area contributed by atoms with Gasteiger partial charge in [0.15, 0.2) is 0 Å². The summed E-state index contributed by atoms with van der Waals surface area (Å²) in [6.07, 6.45) is 1.23. The molecule has 3 aromatic rings. The Bertz CT molecular complexity index is 1340. The molecule has 0 aliphatic carbocycles. The summed E-state index contributed by atoms with van der Waals surface area (Å²) in [6, 6.07) is 11.6. The maximum Gasteiger partial charge on any atom is 0.264 e. The summed E-state index contributed by atoms with van der Waals surface area (Å²) in [5, 5.41) is 10.1. The standard InChI is InChI=1S/C26H29FN2O5S.K/c1-16(2)21-13-19(27)14-22(17-10-11-28-25(12-17)34-5)23(21)15-24(30)29-35(32,33)20-8-6-18(7-9-20)26(3,4)31;/h6-14,16,31H,15H2,1-5H3,(H,29,30);. The number of rotatable bonds is 8. The van der Waals surface area contributed by atoms with Gasteiger partial charge in [-0.2, -0.15) is 0 Å². The van der Waals surface area contributed by atoms with Gasteiger partial charge < -0.3 is 9.84 Å². The van der Waals surface area contributed by atoms with E-state index in [1.165, 1.54) is 49.7 Å². The van der Waals surface area contributed by atoms with E-state index in [9.17, 15) is 22.7 Å². The molecule has 0 aliphatic heterocycles. The molecule has 187 valence electrons. The van der Waals surface area contributed by atoms with Crippen LogP contribution in [-0.4, -0.2) is 82.9 Å². The van der Waals surface area contributed by atoms with Crippen molar-refractivity contribution in [2.24, 2.45) is 0 Å². The van der Waals surface area contributed by atoms with E-state index in [2.05, 4.69) is 9.71 Å². The number of amides is 1. The van der Waals surface area contributed by atoms with Crippen LogP contribution in [0.1, 0.15) is 50.3 Å². The Hall–Kier alpha value is -1.66. The van der Waals surface area contributed by atoms with Gasteiger partial charge in [0.2, 0.25) is 11.8 Å². The molecular weight excluding hydrogens is 510 g/mol. The van der Waals surface area contributed by atoms with Gasteiger partial charge >= 0.3 is 0 Å². The van der Waals surface area contributed by atoms with Crippen LogP contribution in [0.2, 0.25) is 0 Å². The molecule has 2 N–H and O–H groups in total. The van der Waals surface area contributed by atoms with Gasteiger partial charge in [-0.1, -0.05) is 26.0 Å². The molecule has 0 bridgehead atoms. The van der Waals surface area contributed by atoms with E-state index in [1.807, 2.05) is 13.8 Å². The Morgan fingerprint density at radius 2 is 1.78 bits per heavy atom. The molecule has 0 aliphatic rings. The maximum atomic E-state index is 14.5. The summed E-state index contributed by atoms with van der Waals surface area (Å²) >= 11 is 0. The summed E-state index contributed by atoms with van der Waals surface area (Å²) in [5.41, 5.74) is 1.56. The molecule has 3 rings (SSSR count). The van der Waals surface area contributed by atoms with Gasteiger partial charge in [-0.05, 0) is 77.9 Å². The predicted molar refractivity (Wildman–Crippen MR) is 137 cm³/mol. The number of ether oxygens (including phenoxy) is 1. The van der Waals surface area contributed by atoms with E-state index in [-0.39, 0.29) is 68.6 Å². The Balaban J connectivity index is 0.00000456. The van der Waals surface area contributed by atoms with Crippen LogP contribution in [0.4, 0.5) is 4.39 Å². The molecule has 36 heavy (non-hydrogen) atoms. The first kappa shape index (κ1) is 30.6. The summed E-state index contributed by atoms with van der Waals surface area (Å²) < 4.78 is 47.4. The smallest absolute Gasteiger partial charge is 0.264 e. The van der Waals surface area contributed by atoms with E-state index in [1.54, 1.807) is 26.0 Å². The number of hydrogen-bond acceptors (Lipinski definition) is 6. The fraction of sp³-hybridized carbons (Fsp3) is 0.308. The third kappa shape index (κ3) is 7.44. The molecule has 7 nitrogen and oxygen atoms in total. The monoisotopic (exact) mass is 539 g/mol. The third-order valence-electron chi connectivity index (χ3n) is 5.58. The number of sulfonamides is 1. The van der Waals surface area contributed by atoms with E-state index in [0.29, 0.717) is 33.7 Å². The van der Waals surface area contributed by atoms with Gasteiger partial charge in [0, 0.05) is 63.6 Å². The Kier molecular flexibility index (Phi) is 10.4. The number of nitrogens with one attached hydrogen (secondary N) is 1. The number of carbonyl (C=O) groups excluding carboxylic acids is 1. The molecule has 0 spiro atoms. The third-order valence-corrected chi connectivity index (χ3v) is 6.97. The number of benzene rings is 2. The van der Waals surface area contributed by atoms with Crippen molar-refractivity contribution in [1.29, 1.82) is 0 Å². The van der Waals surface area contributed by atoms with Gasteiger partial charge in [0.25, 0.3) is 10.0 Å². The molecule has 0 fully saturated rings. The first-order valence-corrected chi connectivity index (χ1v) is 12.5. The van der Waals surface area contributed by atoms with E-state index in [4.69, 9.17) is 4.74 Å². The largest absolute Gasteiger partial charge is 0.481 e. The minimum absolute atomic E-state index is 0. The number of aliphatic hydroxyl groups is 1. The van der Waals surface area contributed by atoms with Crippen molar-refractivity contribution in [1.82, 2.24) is 9.71 Å². The number of aromatic nitrogens is 1. The zero-order valence-corrected chi connectivity index (χ0v) is 25.2. The maximum absolute atomic E-state index is 14.5. The average Bonchev–Trinajstić information content (AvgIpc) is 2.79. The molecule has 0 unspecified atom stereocenters. The van der Waals surface area contributed by atoms with Crippen LogP contribution < -0.4 is 9.46 Å². The number of pyridine rings is 1. The molecule has 1 amide bonds. The summed E-state index contributed by atoms with van der Waals surface area (Å²) in [5.74, 6) is -1.03. The number of halogens is 1. The molecule has 0 atom stereocenters. The Morgan fingerprint density at radius 3 is 2.33 bits per heavy atom. The van der Waals surface area contributed by atoms with Crippen LogP contribution in [0.25, 0.3) is 11.1 Å². The summed E-state index contributed by atoms with van der Waals surface area (Å²) in [4.78, 5) is 16.9. The second-order valence-corrected chi connectivity index (χ2v) is 10.7. The molecular formula is C26H29FKN2O5S. The van der Waals surface area contributed by atoms with Crippen molar-refractivity contribution in [2.45, 2.75) is 50.5 Å². The number of methoxy groups -OCH3 is 1. The van der Waals surface area contributed by atoms with E-state index in [0.717, 1.165) is 0 Å². The van der Waals surface area contributed by atoms with Gasteiger partial charge in [0.05, 0.1) is 24.0 Å². The first-order valence-electron chi connectivity index (χ1n) is 11.0. The van der Waals surface area contributed by atoms with Crippen molar-refractivity contribution in [3.63, 3.8) is 0 Å².